The molecule has 0 aromatic heterocycles. The number of hydrogen-bond acceptors (Lipinski definition) is 1. The lowest BCUT2D eigenvalue weighted by molar-refractivity contribution is 0.0808. The fourth-order valence-corrected chi connectivity index (χ4v) is 1.49. The van der Waals surface area contributed by atoms with E-state index in [9.17, 15) is 5.11 Å². The Morgan fingerprint density at radius 1 is 1.38 bits per heavy atom. The summed E-state index contributed by atoms with van der Waals surface area (Å²) in [5.74, 6) is 0. The average Bonchev–Trinajstić information content (AvgIpc) is 1.94. The molecule has 0 radical (unpaired) electrons. The fourth-order valence-electron chi connectivity index (χ4n) is 1.30. The molecule has 1 aromatic carbocycles. The number of benzene rings is 1. The highest BCUT2D eigenvalue weighted by molar-refractivity contribution is 6.30. The van der Waals surface area contributed by atoms with Crippen molar-refractivity contribution in [2.75, 3.05) is 0 Å². The van der Waals surface area contributed by atoms with Crippen molar-refractivity contribution in [1.82, 2.24) is 0 Å². The lowest BCUT2D eigenvalue weighted by atomic mass is 9.95. The second-order valence-electron chi connectivity index (χ2n) is 4.06. The van der Waals surface area contributed by atoms with Crippen molar-refractivity contribution >= 4 is 11.6 Å². The van der Waals surface area contributed by atoms with Gasteiger partial charge in [-0.1, -0.05) is 17.7 Å². The van der Waals surface area contributed by atoms with E-state index in [1.54, 1.807) is 13.8 Å². The van der Waals surface area contributed by atoms with Crippen LogP contribution in [-0.4, -0.2) is 10.7 Å². The highest BCUT2D eigenvalue weighted by Gasteiger charge is 2.14. The molecule has 0 amide bonds. The molecule has 0 heterocycles. The van der Waals surface area contributed by atoms with E-state index in [4.69, 9.17) is 11.6 Å². The Bertz CT molecular complexity index is 299. The Hall–Kier alpha value is -0.530. The van der Waals surface area contributed by atoms with Gasteiger partial charge < -0.3 is 5.11 Å². The van der Waals surface area contributed by atoms with E-state index in [-0.39, 0.29) is 0 Å². The molecule has 0 atom stereocenters. The minimum atomic E-state index is -0.671. The van der Waals surface area contributed by atoms with Crippen LogP contribution in [0.2, 0.25) is 5.02 Å². The SMILES string of the molecule is Cc1ccc(Cl)cc1CC(C)(C)O. The van der Waals surface area contributed by atoms with Crippen molar-refractivity contribution in [3.8, 4) is 0 Å². The van der Waals surface area contributed by atoms with Gasteiger partial charge in [0.05, 0.1) is 5.60 Å². The van der Waals surface area contributed by atoms with E-state index in [0.29, 0.717) is 6.42 Å². The van der Waals surface area contributed by atoms with Gasteiger partial charge in [0.15, 0.2) is 0 Å². The van der Waals surface area contributed by atoms with Crippen LogP contribution < -0.4 is 0 Å². The molecule has 0 aliphatic heterocycles. The average molecular weight is 199 g/mol. The van der Waals surface area contributed by atoms with E-state index >= 15 is 0 Å². The van der Waals surface area contributed by atoms with Crippen LogP contribution in [0.5, 0.6) is 0 Å². The van der Waals surface area contributed by atoms with Crippen molar-refractivity contribution in [2.45, 2.75) is 32.8 Å². The van der Waals surface area contributed by atoms with Crippen LogP contribution in [0.25, 0.3) is 0 Å². The van der Waals surface area contributed by atoms with Crippen LogP contribution in [0.1, 0.15) is 25.0 Å². The molecule has 0 fully saturated rings. The van der Waals surface area contributed by atoms with Gasteiger partial charge in [-0.2, -0.15) is 0 Å². The summed E-state index contributed by atoms with van der Waals surface area (Å²) in [7, 11) is 0. The Balaban J connectivity index is 2.94. The molecule has 0 aliphatic rings. The van der Waals surface area contributed by atoms with E-state index in [1.807, 2.05) is 25.1 Å². The zero-order chi connectivity index (χ0) is 10.1. The number of halogens is 1. The predicted octanol–water partition coefficient (Wildman–Crippen LogP) is 2.96. The third-order valence-corrected chi connectivity index (χ3v) is 2.17. The molecule has 13 heavy (non-hydrogen) atoms. The Morgan fingerprint density at radius 3 is 2.54 bits per heavy atom. The van der Waals surface area contributed by atoms with Crippen LogP contribution in [0.15, 0.2) is 18.2 Å². The Morgan fingerprint density at radius 2 is 2.00 bits per heavy atom. The van der Waals surface area contributed by atoms with E-state index in [1.165, 1.54) is 5.56 Å². The first kappa shape index (κ1) is 10.6. The zero-order valence-corrected chi connectivity index (χ0v) is 9.02. The Labute approximate surface area is 84.4 Å². The van der Waals surface area contributed by atoms with Gasteiger partial charge in [-0.3, -0.25) is 0 Å². The lowest BCUT2D eigenvalue weighted by Gasteiger charge is -2.18. The third-order valence-electron chi connectivity index (χ3n) is 1.93. The van der Waals surface area contributed by atoms with Gasteiger partial charge >= 0.3 is 0 Å². The van der Waals surface area contributed by atoms with E-state index < -0.39 is 5.60 Å². The zero-order valence-electron chi connectivity index (χ0n) is 8.26. The summed E-state index contributed by atoms with van der Waals surface area (Å²) in [6.45, 7) is 5.62. The standard InChI is InChI=1S/C11H15ClO/c1-8-4-5-10(12)6-9(8)7-11(2,3)13/h4-6,13H,7H2,1-3H3. The first-order chi connectivity index (χ1) is 5.88. The maximum atomic E-state index is 9.64. The van der Waals surface area contributed by atoms with Gasteiger partial charge in [0.2, 0.25) is 0 Å². The molecule has 0 spiro atoms. The normalized spacial score (nSPS) is 11.8. The second kappa shape index (κ2) is 3.69. The molecule has 72 valence electrons. The molecule has 0 saturated carbocycles. The molecule has 0 bridgehead atoms. The largest absolute Gasteiger partial charge is 0.390 e. The summed E-state index contributed by atoms with van der Waals surface area (Å²) in [5, 5.41) is 10.4. The molecule has 0 saturated heterocycles. The minimum Gasteiger partial charge on any atom is -0.390 e. The summed E-state index contributed by atoms with van der Waals surface area (Å²) in [4.78, 5) is 0. The smallest absolute Gasteiger partial charge is 0.0632 e. The third kappa shape index (κ3) is 3.37. The summed E-state index contributed by atoms with van der Waals surface area (Å²) in [5.41, 5.74) is 1.61. The van der Waals surface area contributed by atoms with Crippen molar-refractivity contribution in [3.63, 3.8) is 0 Å². The molecule has 0 aliphatic carbocycles. The molecule has 1 nitrogen and oxygen atoms in total. The van der Waals surface area contributed by atoms with Crippen LogP contribution in [0.4, 0.5) is 0 Å². The van der Waals surface area contributed by atoms with Gasteiger partial charge in [0.1, 0.15) is 0 Å². The van der Waals surface area contributed by atoms with Gasteiger partial charge in [0.25, 0.3) is 0 Å². The first-order valence-corrected chi connectivity index (χ1v) is 4.74. The number of aryl methyl sites for hydroxylation is 1. The van der Waals surface area contributed by atoms with Crippen LogP contribution >= 0.6 is 11.6 Å². The van der Waals surface area contributed by atoms with Crippen molar-refractivity contribution in [2.24, 2.45) is 0 Å². The van der Waals surface area contributed by atoms with E-state index in [0.717, 1.165) is 10.6 Å². The first-order valence-electron chi connectivity index (χ1n) is 4.36. The maximum Gasteiger partial charge on any atom is 0.0632 e. The van der Waals surface area contributed by atoms with Gasteiger partial charge in [-0.05, 0) is 44.0 Å². The van der Waals surface area contributed by atoms with Crippen molar-refractivity contribution in [3.05, 3.63) is 34.3 Å². The number of rotatable bonds is 2. The Kier molecular flexibility index (Phi) is 2.99. The molecule has 0 unspecified atom stereocenters. The molecule has 1 aromatic rings. The van der Waals surface area contributed by atoms with Crippen LogP contribution in [0, 0.1) is 6.92 Å². The quantitative estimate of drug-likeness (QED) is 0.775. The van der Waals surface area contributed by atoms with Crippen molar-refractivity contribution in [1.29, 1.82) is 0 Å². The summed E-state index contributed by atoms with van der Waals surface area (Å²) in [6.07, 6.45) is 0.638. The van der Waals surface area contributed by atoms with Crippen LogP contribution in [-0.2, 0) is 6.42 Å². The molecule has 1 rings (SSSR count). The predicted molar refractivity (Wildman–Crippen MR) is 56.2 cm³/mol. The molecular weight excluding hydrogens is 184 g/mol. The lowest BCUT2D eigenvalue weighted by Crippen LogP contribution is -2.22. The maximum absolute atomic E-state index is 9.64. The minimum absolute atomic E-state index is 0.638. The summed E-state index contributed by atoms with van der Waals surface area (Å²) in [6, 6.07) is 5.75. The number of aliphatic hydroxyl groups is 1. The van der Waals surface area contributed by atoms with Gasteiger partial charge in [0, 0.05) is 11.4 Å². The van der Waals surface area contributed by atoms with Crippen LogP contribution in [0.3, 0.4) is 0 Å². The summed E-state index contributed by atoms with van der Waals surface area (Å²) >= 11 is 5.86. The number of hydrogen-bond donors (Lipinski definition) is 1. The fraction of sp³-hybridized carbons (Fsp3) is 0.455. The summed E-state index contributed by atoms with van der Waals surface area (Å²) < 4.78 is 0. The second-order valence-corrected chi connectivity index (χ2v) is 4.50. The highest BCUT2D eigenvalue weighted by atomic mass is 35.5. The molecule has 2 heteroatoms. The van der Waals surface area contributed by atoms with Crippen molar-refractivity contribution < 1.29 is 5.11 Å². The topological polar surface area (TPSA) is 20.2 Å². The monoisotopic (exact) mass is 198 g/mol. The van der Waals surface area contributed by atoms with E-state index in [2.05, 4.69) is 0 Å². The van der Waals surface area contributed by atoms with Gasteiger partial charge in [-0.25, -0.2) is 0 Å². The van der Waals surface area contributed by atoms with Gasteiger partial charge in [-0.15, -0.1) is 0 Å². The highest BCUT2D eigenvalue weighted by Crippen LogP contribution is 2.20. The molecular formula is C11H15ClO. The molecule has 1 N–H and O–H groups in total.